The van der Waals surface area contributed by atoms with Gasteiger partial charge in [-0.25, -0.2) is 4.98 Å². The summed E-state index contributed by atoms with van der Waals surface area (Å²) in [4.78, 5) is 35.8. The van der Waals surface area contributed by atoms with E-state index in [9.17, 15) is 9.59 Å². The molecule has 6 rings (SSSR count). The van der Waals surface area contributed by atoms with Gasteiger partial charge in [0.1, 0.15) is 5.69 Å². The fraction of sp³-hybridized carbons (Fsp3) is 0.417. The number of nitrogens with one attached hydrogen (secondary N) is 4. The minimum absolute atomic E-state index is 0.0347. The highest BCUT2D eigenvalue weighted by Gasteiger charge is 2.67. The smallest absolute Gasteiger partial charge is 0.269 e. The van der Waals surface area contributed by atoms with E-state index in [4.69, 9.17) is 0 Å². The zero-order valence-electron chi connectivity index (χ0n) is 18.6. The third-order valence-electron chi connectivity index (χ3n) is 6.85. The predicted molar refractivity (Wildman–Crippen MR) is 124 cm³/mol. The average Bonchev–Trinajstić information content (AvgIpc) is 2.74. The van der Waals surface area contributed by atoms with Gasteiger partial charge in [0.2, 0.25) is 0 Å². The molecule has 4 N–H and O–H groups in total. The van der Waals surface area contributed by atoms with Crippen LogP contribution in [0.2, 0.25) is 0 Å². The number of hydrogen-bond donors (Lipinski definition) is 4. The summed E-state index contributed by atoms with van der Waals surface area (Å²) >= 11 is 0. The number of pyridine rings is 3. The van der Waals surface area contributed by atoms with E-state index in [1.165, 1.54) is 0 Å². The number of H-pyrrole nitrogens is 1. The van der Waals surface area contributed by atoms with Gasteiger partial charge in [-0.1, -0.05) is 6.92 Å². The Hall–Kier alpha value is -3.26. The van der Waals surface area contributed by atoms with Crippen molar-refractivity contribution in [2.75, 3.05) is 12.4 Å². The summed E-state index contributed by atoms with van der Waals surface area (Å²) in [7, 11) is 1.61. The summed E-state index contributed by atoms with van der Waals surface area (Å²) in [6.45, 7) is 4.62. The summed E-state index contributed by atoms with van der Waals surface area (Å²) in [6, 6.07) is 7.59. The highest BCUT2D eigenvalue weighted by atomic mass is 16.1. The fourth-order valence-electron chi connectivity index (χ4n) is 5.16. The Morgan fingerprint density at radius 3 is 2.66 bits per heavy atom. The molecule has 3 aromatic rings. The third-order valence-corrected chi connectivity index (χ3v) is 6.85. The third kappa shape index (κ3) is 3.44. The zero-order chi connectivity index (χ0) is 22.5. The molecule has 0 radical (unpaired) electrons. The normalized spacial score (nSPS) is 23.3. The second-order valence-electron chi connectivity index (χ2n) is 9.23. The maximum atomic E-state index is 12.1. The molecule has 3 saturated carbocycles. The van der Waals surface area contributed by atoms with Crippen molar-refractivity contribution in [3.8, 4) is 0 Å². The summed E-state index contributed by atoms with van der Waals surface area (Å²) in [6.07, 6.45) is 5.73. The van der Waals surface area contributed by atoms with Crippen LogP contribution in [0.1, 0.15) is 53.5 Å². The molecule has 3 aliphatic carbocycles. The number of carbonyl (C=O) groups excluding carboxylic acids is 1. The molecular weight excluding hydrogens is 404 g/mol. The van der Waals surface area contributed by atoms with Gasteiger partial charge in [0.25, 0.3) is 11.5 Å². The molecule has 3 fully saturated rings. The van der Waals surface area contributed by atoms with Gasteiger partial charge in [-0.2, -0.15) is 0 Å². The standard InChI is InChI=1S/C24H28N6O2/c1-4-16-8-19-20(29-21(16)31)7-15(9-26-19)10-27-23-11-24(12-23,13-23)30-17-5-6-18(22(32)25-3)28-14(17)2/h5-9,27,30H,4,10-13H2,1-3H3,(H,25,32)(H,29,31). The van der Waals surface area contributed by atoms with Gasteiger partial charge in [0.15, 0.2) is 0 Å². The molecule has 3 heterocycles. The molecule has 3 aromatic heterocycles. The number of anilines is 1. The summed E-state index contributed by atoms with van der Waals surface area (Å²) in [5.41, 5.74) is 5.92. The molecule has 0 spiro atoms. The van der Waals surface area contributed by atoms with Gasteiger partial charge in [0, 0.05) is 36.4 Å². The molecule has 32 heavy (non-hydrogen) atoms. The molecule has 0 atom stereocenters. The SMILES string of the molecule is CCc1cc2ncc(CNC34CC(Nc5ccc(C(=O)NC)nc5C)(C3)C4)cc2[nH]c1=O. The van der Waals surface area contributed by atoms with Crippen LogP contribution in [0.25, 0.3) is 11.0 Å². The van der Waals surface area contributed by atoms with E-state index in [0.29, 0.717) is 12.1 Å². The number of rotatable bonds is 7. The fourth-order valence-corrected chi connectivity index (χ4v) is 5.16. The first kappa shape index (κ1) is 20.6. The highest BCUT2D eigenvalue weighted by molar-refractivity contribution is 5.92. The highest BCUT2D eigenvalue weighted by Crippen LogP contribution is 2.62. The Bertz CT molecular complexity index is 1260. The van der Waals surface area contributed by atoms with E-state index in [2.05, 4.69) is 30.9 Å². The van der Waals surface area contributed by atoms with Crippen molar-refractivity contribution in [1.29, 1.82) is 0 Å². The van der Waals surface area contributed by atoms with Gasteiger partial charge in [-0.05, 0) is 62.4 Å². The molecule has 166 valence electrons. The van der Waals surface area contributed by atoms with Crippen molar-refractivity contribution in [3.63, 3.8) is 0 Å². The van der Waals surface area contributed by atoms with Crippen molar-refractivity contribution in [2.24, 2.45) is 0 Å². The lowest BCUT2D eigenvalue weighted by molar-refractivity contribution is -0.0645. The van der Waals surface area contributed by atoms with Crippen molar-refractivity contribution < 1.29 is 4.79 Å². The molecule has 3 aliphatic rings. The van der Waals surface area contributed by atoms with Crippen LogP contribution in [-0.2, 0) is 13.0 Å². The Kier molecular flexibility index (Phi) is 4.78. The number of fused-ring (bicyclic) bond motifs is 1. The number of carbonyl (C=O) groups is 1. The first-order valence-corrected chi connectivity index (χ1v) is 11.1. The van der Waals surface area contributed by atoms with Crippen LogP contribution in [0.4, 0.5) is 5.69 Å². The Morgan fingerprint density at radius 1 is 1.19 bits per heavy atom. The molecule has 0 aromatic carbocycles. The Morgan fingerprint density at radius 2 is 1.97 bits per heavy atom. The summed E-state index contributed by atoms with van der Waals surface area (Å²) in [5, 5.41) is 9.95. The van der Waals surface area contributed by atoms with Crippen LogP contribution in [-0.4, -0.2) is 39.0 Å². The molecule has 0 unspecified atom stereocenters. The average molecular weight is 433 g/mol. The van der Waals surface area contributed by atoms with E-state index in [0.717, 1.165) is 59.3 Å². The molecule has 0 saturated heterocycles. The lowest BCUT2D eigenvalue weighted by Gasteiger charge is -2.71. The van der Waals surface area contributed by atoms with Crippen molar-refractivity contribution in [3.05, 3.63) is 63.3 Å². The number of hydrogen-bond acceptors (Lipinski definition) is 6. The lowest BCUT2D eigenvalue weighted by atomic mass is 9.44. The number of amides is 1. The molecule has 0 aliphatic heterocycles. The van der Waals surface area contributed by atoms with Gasteiger partial charge >= 0.3 is 0 Å². The van der Waals surface area contributed by atoms with Crippen molar-refractivity contribution >= 4 is 22.6 Å². The topological polar surface area (TPSA) is 112 Å². The molecule has 2 bridgehead atoms. The van der Waals surface area contributed by atoms with Crippen molar-refractivity contribution in [1.82, 2.24) is 25.6 Å². The Labute approximate surface area is 186 Å². The quantitative estimate of drug-likeness (QED) is 0.456. The summed E-state index contributed by atoms with van der Waals surface area (Å²) in [5.74, 6) is -0.175. The van der Waals surface area contributed by atoms with Gasteiger partial charge < -0.3 is 20.9 Å². The van der Waals surface area contributed by atoms with Crippen LogP contribution >= 0.6 is 0 Å². The molecular formula is C24H28N6O2. The second-order valence-corrected chi connectivity index (χ2v) is 9.23. The van der Waals surface area contributed by atoms with Gasteiger partial charge in [-0.3, -0.25) is 14.6 Å². The monoisotopic (exact) mass is 432 g/mol. The first-order valence-electron chi connectivity index (χ1n) is 11.1. The Balaban J connectivity index is 1.20. The maximum Gasteiger partial charge on any atom is 0.269 e. The van der Waals surface area contributed by atoms with Crippen molar-refractivity contribution in [2.45, 2.75) is 57.2 Å². The zero-order valence-corrected chi connectivity index (χ0v) is 18.6. The van der Waals surface area contributed by atoms with E-state index >= 15 is 0 Å². The molecule has 1 amide bonds. The summed E-state index contributed by atoms with van der Waals surface area (Å²) < 4.78 is 0. The second kappa shape index (κ2) is 7.41. The van der Waals surface area contributed by atoms with Crippen LogP contribution < -0.4 is 21.5 Å². The van der Waals surface area contributed by atoms with E-state index < -0.39 is 0 Å². The number of aromatic nitrogens is 3. The predicted octanol–water partition coefficient (Wildman–Crippen LogP) is 2.43. The number of nitrogens with zero attached hydrogens (tertiary/aromatic N) is 2. The first-order chi connectivity index (χ1) is 15.3. The van der Waals surface area contributed by atoms with E-state index in [1.54, 1.807) is 13.1 Å². The van der Waals surface area contributed by atoms with Gasteiger partial charge in [0.05, 0.1) is 22.4 Å². The molecule has 8 heteroatoms. The lowest BCUT2D eigenvalue weighted by Crippen LogP contribution is -2.80. The van der Waals surface area contributed by atoms with Crippen LogP contribution in [0.3, 0.4) is 0 Å². The van der Waals surface area contributed by atoms with Crippen LogP contribution in [0, 0.1) is 6.92 Å². The maximum absolute atomic E-state index is 12.1. The number of aromatic amines is 1. The van der Waals surface area contributed by atoms with Gasteiger partial charge in [-0.15, -0.1) is 0 Å². The largest absolute Gasteiger partial charge is 0.378 e. The minimum atomic E-state index is -0.175. The minimum Gasteiger partial charge on any atom is -0.378 e. The van der Waals surface area contributed by atoms with Crippen LogP contribution in [0.5, 0.6) is 0 Å². The van der Waals surface area contributed by atoms with Crippen LogP contribution in [0.15, 0.2) is 35.3 Å². The number of aryl methyl sites for hydroxylation is 2. The van der Waals surface area contributed by atoms with E-state index in [1.807, 2.05) is 38.2 Å². The van der Waals surface area contributed by atoms with E-state index in [-0.39, 0.29) is 22.5 Å². The molecule has 8 nitrogen and oxygen atoms in total.